The van der Waals surface area contributed by atoms with Gasteiger partial charge in [-0.05, 0) is 18.9 Å². The first-order valence-corrected chi connectivity index (χ1v) is 9.09. The minimum atomic E-state index is -0.815. The molecular formula is C22H21NO5. The maximum Gasteiger partial charge on any atom is 0.339 e. The highest BCUT2D eigenvalue weighted by Gasteiger charge is 2.33. The number of ketones is 2. The van der Waals surface area contributed by atoms with Crippen molar-refractivity contribution in [3.05, 3.63) is 70.3 Å². The van der Waals surface area contributed by atoms with Crippen molar-refractivity contribution in [1.82, 2.24) is 5.32 Å². The van der Waals surface area contributed by atoms with E-state index in [9.17, 15) is 19.2 Å². The number of esters is 1. The lowest BCUT2D eigenvalue weighted by Crippen LogP contribution is -2.38. The molecular weight excluding hydrogens is 358 g/mol. The van der Waals surface area contributed by atoms with Crippen LogP contribution in [0.2, 0.25) is 0 Å². The van der Waals surface area contributed by atoms with Gasteiger partial charge in [0.05, 0.1) is 5.56 Å². The first-order valence-electron chi connectivity index (χ1n) is 9.09. The van der Waals surface area contributed by atoms with Gasteiger partial charge in [0.25, 0.3) is 5.91 Å². The summed E-state index contributed by atoms with van der Waals surface area (Å²) in [5, 5.41) is 2.74. The van der Waals surface area contributed by atoms with Crippen molar-refractivity contribution in [2.75, 3.05) is 6.61 Å². The fourth-order valence-electron chi connectivity index (χ4n) is 2.99. The molecule has 3 rings (SSSR count). The summed E-state index contributed by atoms with van der Waals surface area (Å²) >= 11 is 0. The predicted molar refractivity (Wildman–Crippen MR) is 102 cm³/mol. The lowest BCUT2D eigenvalue weighted by atomic mass is 9.82. The predicted octanol–water partition coefficient (Wildman–Crippen LogP) is 2.78. The molecule has 0 saturated carbocycles. The summed E-state index contributed by atoms with van der Waals surface area (Å²) in [6.45, 7) is 5.33. The van der Waals surface area contributed by atoms with Gasteiger partial charge in [0, 0.05) is 28.3 Å². The molecule has 2 aromatic carbocycles. The smallest absolute Gasteiger partial charge is 0.339 e. The highest BCUT2D eigenvalue weighted by Crippen LogP contribution is 2.29. The molecule has 1 N–H and O–H groups in total. The third kappa shape index (κ3) is 3.58. The van der Waals surface area contributed by atoms with E-state index in [0.717, 1.165) is 0 Å². The molecule has 2 aromatic rings. The minimum Gasteiger partial charge on any atom is -0.452 e. The maximum absolute atomic E-state index is 12.9. The summed E-state index contributed by atoms with van der Waals surface area (Å²) < 4.78 is 5.09. The number of carbonyl (C=O) groups is 4. The Balaban J connectivity index is 1.83. The van der Waals surface area contributed by atoms with Crippen molar-refractivity contribution in [2.45, 2.75) is 26.8 Å². The summed E-state index contributed by atoms with van der Waals surface area (Å²) in [6.07, 6.45) is 0. The molecule has 28 heavy (non-hydrogen) atoms. The number of benzene rings is 2. The fourth-order valence-corrected chi connectivity index (χ4v) is 2.99. The Morgan fingerprint density at radius 3 is 2.14 bits per heavy atom. The van der Waals surface area contributed by atoms with E-state index in [0.29, 0.717) is 5.56 Å². The Hall–Kier alpha value is -3.28. The monoisotopic (exact) mass is 379 g/mol. The summed E-state index contributed by atoms with van der Waals surface area (Å²) in [6, 6.07) is 10.9. The average molecular weight is 379 g/mol. The zero-order valence-corrected chi connectivity index (χ0v) is 15.9. The minimum absolute atomic E-state index is 0.0185. The van der Waals surface area contributed by atoms with Gasteiger partial charge < -0.3 is 10.1 Å². The molecule has 0 aliphatic heterocycles. The number of fused-ring (bicyclic) bond motifs is 2. The van der Waals surface area contributed by atoms with E-state index in [1.807, 2.05) is 20.8 Å². The molecule has 0 saturated heterocycles. The lowest BCUT2D eigenvalue weighted by Gasteiger charge is -2.20. The second kappa shape index (κ2) is 7.76. The van der Waals surface area contributed by atoms with E-state index in [1.54, 1.807) is 24.3 Å². The molecule has 1 atom stereocenters. The van der Waals surface area contributed by atoms with Gasteiger partial charge in [-0.25, -0.2) is 4.79 Å². The molecule has 1 aliphatic rings. The summed E-state index contributed by atoms with van der Waals surface area (Å²) in [5.74, 6) is -1.72. The molecule has 1 aliphatic carbocycles. The van der Waals surface area contributed by atoms with Crippen LogP contribution in [0.15, 0.2) is 42.5 Å². The summed E-state index contributed by atoms with van der Waals surface area (Å²) in [7, 11) is 0. The van der Waals surface area contributed by atoms with Crippen LogP contribution in [-0.2, 0) is 9.53 Å². The molecule has 0 heterocycles. The fraction of sp³-hybridized carbons (Fsp3) is 0.273. The lowest BCUT2D eigenvalue weighted by molar-refractivity contribution is -0.125. The summed E-state index contributed by atoms with van der Waals surface area (Å²) in [4.78, 5) is 50.1. The van der Waals surface area contributed by atoms with Gasteiger partial charge in [0.15, 0.2) is 18.2 Å². The SMILES string of the molecule is CC(C)[C@H](C)NC(=O)COC(=O)c1cccc2c1C(=O)c1ccccc1C2=O. The van der Waals surface area contributed by atoms with Crippen LogP contribution in [0.25, 0.3) is 0 Å². The first kappa shape index (κ1) is 19.5. The molecule has 6 heteroatoms. The van der Waals surface area contributed by atoms with Gasteiger partial charge in [-0.2, -0.15) is 0 Å². The van der Waals surface area contributed by atoms with Crippen molar-refractivity contribution < 1.29 is 23.9 Å². The number of carbonyl (C=O) groups excluding carboxylic acids is 4. The second-order valence-electron chi connectivity index (χ2n) is 7.11. The molecule has 0 unspecified atom stereocenters. The average Bonchev–Trinajstić information content (AvgIpc) is 2.69. The molecule has 1 amide bonds. The van der Waals surface area contributed by atoms with Crippen LogP contribution < -0.4 is 5.32 Å². The van der Waals surface area contributed by atoms with Crippen molar-refractivity contribution in [3.8, 4) is 0 Å². The Kier molecular flexibility index (Phi) is 5.40. The number of hydrogen-bond acceptors (Lipinski definition) is 5. The van der Waals surface area contributed by atoms with Crippen LogP contribution in [0.3, 0.4) is 0 Å². The van der Waals surface area contributed by atoms with Crippen LogP contribution in [0.1, 0.15) is 63.0 Å². The van der Waals surface area contributed by atoms with Crippen LogP contribution >= 0.6 is 0 Å². The van der Waals surface area contributed by atoms with Gasteiger partial charge in [-0.1, -0.05) is 50.2 Å². The van der Waals surface area contributed by atoms with Crippen molar-refractivity contribution >= 4 is 23.4 Å². The zero-order chi connectivity index (χ0) is 20.4. The highest BCUT2D eigenvalue weighted by atomic mass is 16.5. The van der Waals surface area contributed by atoms with Crippen LogP contribution in [0.4, 0.5) is 0 Å². The largest absolute Gasteiger partial charge is 0.452 e. The number of nitrogens with one attached hydrogen (secondary N) is 1. The number of ether oxygens (including phenoxy) is 1. The second-order valence-corrected chi connectivity index (χ2v) is 7.11. The third-order valence-electron chi connectivity index (χ3n) is 4.90. The maximum atomic E-state index is 12.9. The van der Waals surface area contributed by atoms with E-state index < -0.39 is 24.3 Å². The Morgan fingerprint density at radius 2 is 1.50 bits per heavy atom. The van der Waals surface area contributed by atoms with E-state index in [2.05, 4.69) is 5.32 Å². The van der Waals surface area contributed by atoms with E-state index in [4.69, 9.17) is 4.74 Å². The van der Waals surface area contributed by atoms with E-state index >= 15 is 0 Å². The normalized spacial score (nSPS) is 13.6. The van der Waals surface area contributed by atoms with Crippen molar-refractivity contribution in [1.29, 1.82) is 0 Å². The van der Waals surface area contributed by atoms with E-state index in [1.165, 1.54) is 18.2 Å². The molecule has 0 bridgehead atoms. The van der Waals surface area contributed by atoms with Gasteiger partial charge in [-0.15, -0.1) is 0 Å². The zero-order valence-electron chi connectivity index (χ0n) is 15.9. The Morgan fingerprint density at radius 1 is 0.893 bits per heavy atom. The van der Waals surface area contributed by atoms with Gasteiger partial charge in [-0.3, -0.25) is 14.4 Å². The Labute approximate surface area is 162 Å². The van der Waals surface area contributed by atoms with Crippen molar-refractivity contribution in [3.63, 3.8) is 0 Å². The molecule has 6 nitrogen and oxygen atoms in total. The Bertz CT molecular complexity index is 977. The number of amides is 1. The third-order valence-corrected chi connectivity index (χ3v) is 4.90. The first-order chi connectivity index (χ1) is 13.3. The van der Waals surface area contributed by atoms with Crippen LogP contribution in [0.5, 0.6) is 0 Å². The van der Waals surface area contributed by atoms with Crippen molar-refractivity contribution in [2.24, 2.45) is 5.92 Å². The highest BCUT2D eigenvalue weighted by molar-refractivity contribution is 6.30. The molecule has 0 fully saturated rings. The molecule has 0 radical (unpaired) electrons. The number of hydrogen-bond donors (Lipinski definition) is 1. The van der Waals surface area contributed by atoms with Gasteiger partial charge >= 0.3 is 5.97 Å². The van der Waals surface area contributed by atoms with Gasteiger partial charge in [0.1, 0.15) is 0 Å². The molecule has 144 valence electrons. The van der Waals surface area contributed by atoms with Crippen LogP contribution in [0, 0.1) is 5.92 Å². The topological polar surface area (TPSA) is 89.5 Å². The molecule has 0 spiro atoms. The standard InChI is InChI=1S/C22H21NO5/c1-12(2)13(3)23-18(24)11-28-22(27)17-10-6-9-16-19(17)21(26)15-8-5-4-7-14(15)20(16)25/h4-10,12-13H,11H2,1-3H3,(H,23,24)/t13-/m0/s1. The van der Waals surface area contributed by atoms with Crippen LogP contribution in [-0.4, -0.2) is 36.1 Å². The van der Waals surface area contributed by atoms with E-state index in [-0.39, 0.29) is 40.0 Å². The molecule has 0 aromatic heterocycles. The number of rotatable bonds is 5. The van der Waals surface area contributed by atoms with Gasteiger partial charge in [0.2, 0.25) is 0 Å². The quantitative estimate of drug-likeness (QED) is 0.689. The summed E-state index contributed by atoms with van der Waals surface area (Å²) in [5.41, 5.74) is 0.731.